The summed E-state index contributed by atoms with van der Waals surface area (Å²) in [6.07, 6.45) is 5.24. The average molecular weight is 194 g/mol. The third-order valence-corrected chi connectivity index (χ3v) is 5.30. The van der Waals surface area contributed by atoms with Crippen LogP contribution in [0.25, 0.3) is 0 Å². The number of carbonyl (C=O) groups is 1. The van der Waals surface area contributed by atoms with Gasteiger partial charge in [-0.25, -0.2) is 0 Å². The van der Waals surface area contributed by atoms with Crippen molar-refractivity contribution in [1.82, 2.24) is 0 Å². The number of fused-ring (bicyclic) bond motifs is 1. The quantitative estimate of drug-likeness (QED) is 0.658. The highest BCUT2D eigenvalue weighted by atomic mass is 16.1. The number of hydrogen-bond acceptors (Lipinski definition) is 1. The van der Waals surface area contributed by atoms with Crippen molar-refractivity contribution in [2.45, 2.75) is 53.4 Å². The van der Waals surface area contributed by atoms with Gasteiger partial charge in [-0.3, -0.25) is 4.79 Å². The molecule has 0 aromatic rings. The lowest BCUT2D eigenvalue weighted by atomic mass is 9.77. The Balaban J connectivity index is 2.34. The summed E-state index contributed by atoms with van der Waals surface area (Å²) in [5, 5.41) is 0. The maximum absolute atomic E-state index is 11.8. The Kier molecular flexibility index (Phi) is 2.06. The second-order valence-electron chi connectivity index (χ2n) is 5.75. The molecule has 80 valence electrons. The van der Waals surface area contributed by atoms with Gasteiger partial charge in [-0.2, -0.15) is 0 Å². The summed E-state index contributed by atoms with van der Waals surface area (Å²) in [7, 11) is 0. The van der Waals surface area contributed by atoms with E-state index >= 15 is 0 Å². The highest BCUT2D eigenvalue weighted by Gasteiger charge is 2.76. The first-order valence-electron chi connectivity index (χ1n) is 5.99. The SMILES string of the molecule is CC(=O)C1(C)C2CCCCC21C(C)C. The van der Waals surface area contributed by atoms with Crippen molar-refractivity contribution in [3.63, 3.8) is 0 Å². The Labute approximate surface area is 87.3 Å². The van der Waals surface area contributed by atoms with E-state index in [9.17, 15) is 4.79 Å². The van der Waals surface area contributed by atoms with E-state index in [-0.39, 0.29) is 5.41 Å². The topological polar surface area (TPSA) is 17.1 Å². The minimum Gasteiger partial charge on any atom is -0.299 e. The lowest BCUT2D eigenvalue weighted by molar-refractivity contribution is -0.123. The fourth-order valence-corrected chi connectivity index (χ4v) is 4.43. The van der Waals surface area contributed by atoms with Crippen LogP contribution >= 0.6 is 0 Å². The van der Waals surface area contributed by atoms with Crippen LogP contribution in [-0.4, -0.2) is 5.78 Å². The average Bonchev–Trinajstić information content (AvgIpc) is 2.71. The van der Waals surface area contributed by atoms with Crippen molar-refractivity contribution in [3.05, 3.63) is 0 Å². The zero-order valence-corrected chi connectivity index (χ0v) is 9.89. The van der Waals surface area contributed by atoms with Crippen LogP contribution in [0.2, 0.25) is 0 Å². The van der Waals surface area contributed by atoms with Gasteiger partial charge in [0.15, 0.2) is 0 Å². The molecule has 2 fully saturated rings. The largest absolute Gasteiger partial charge is 0.299 e. The van der Waals surface area contributed by atoms with E-state index in [4.69, 9.17) is 0 Å². The molecule has 0 aromatic carbocycles. The number of ketones is 1. The van der Waals surface area contributed by atoms with Crippen molar-refractivity contribution < 1.29 is 4.79 Å². The van der Waals surface area contributed by atoms with E-state index in [1.165, 1.54) is 25.7 Å². The molecule has 2 saturated carbocycles. The fourth-order valence-electron chi connectivity index (χ4n) is 4.43. The molecular weight excluding hydrogens is 172 g/mol. The molecule has 0 aliphatic heterocycles. The summed E-state index contributed by atoms with van der Waals surface area (Å²) in [6.45, 7) is 8.60. The van der Waals surface area contributed by atoms with E-state index < -0.39 is 0 Å². The maximum Gasteiger partial charge on any atom is 0.136 e. The van der Waals surface area contributed by atoms with E-state index in [0.717, 1.165) is 0 Å². The molecule has 0 saturated heterocycles. The Bertz CT molecular complexity index is 268. The zero-order valence-electron chi connectivity index (χ0n) is 9.89. The van der Waals surface area contributed by atoms with Gasteiger partial charge in [0.1, 0.15) is 5.78 Å². The molecule has 2 rings (SSSR count). The molecule has 2 aliphatic carbocycles. The molecule has 0 N–H and O–H groups in total. The molecule has 0 radical (unpaired) electrons. The van der Waals surface area contributed by atoms with Crippen LogP contribution in [0.4, 0.5) is 0 Å². The third-order valence-electron chi connectivity index (χ3n) is 5.30. The zero-order chi connectivity index (χ0) is 10.6. The first-order valence-corrected chi connectivity index (χ1v) is 5.99. The Morgan fingerprint density at radius 1 is 1.36 bits per heavy atom. The maximum atomic E-state index is 11.8. The van der Waals surface area contributed by atoms with Crippen LogP contribution in [0.5, 0.6) is 0 Å². The molecule has 0 aromatic heterocycles. The van der Waals surface area contributed by atoms with E-state index in [0.29, 0.717) is 23.0 Å². The Morgan fingerprint density at radius 2 is 2.00 bits per heavy atom. The lowest BCUT2D eigenvalue weighted by Crippen LogP contribution is -2.23. The summed E-state index contributed by atoms with van der Waals surface area (Å²) in [6, 6.07) is 0. The van der Waals surface area contributed by atoms with Gasteiger partial charge in [0.05, 0.1) is 0 Å². The van der Waals surface area contributed by atoms with Gasteiger partial charge in [-0.1, -0.05) is 33.6 Å². The van der Waals surface area contributed by atoms with Gasteiger partial charge < -0.3 is 0 Å². The molecule has 1 heteroatoms. The minimum atomic E-state index is 0.0255. The van der Waals surface area contributed by atoms with Crippen LogP contribution in [0.3, 0.4) is 0 Å². The van der Waals surface area contributed by atoms with Gasteiger partial charge in [0.25, 0.3) is 0 Å². The lowest BCUT2D eigenvalue weighted by Gasteiger charge is -2.27. The molecule has 2 aliphatic rings. The van der Waals surface area contributed by atoms with E-state index in [2.05, 4.69) is 20.8 Å². The van der Waals surface area contributed by atoms with Crippen LogP contribution in [0.1, 0.15) is 53.4 Å². The summed E-state index contributed by atoms with van der Waals surface area (Å²) in [5.74, 6) is 1.79. The van der Waals surface area contributed by atoms with Gasteiger partial charge >= 0.3 is 0 Å². The van der Waals surface area contributed by atoms with E-state index in [1.807, 2.05) is 0 Å². The van der Waals surface area contributed by atoms with Gasteiger partial charge in [-0.05, 0) is 37.0 Å². The summed E-state index contributed by atoms with van der Waals surface area (Å²) >= 11 is 0. The molecule has 0 spiro atoms. The Morgan fingerprint density at radius 3 is 2.43 bits per heavy atom. The second-order valence-corrected chi connectivity index (χ2v) is 5.75. The minimum absolute atomic E-state index is 0.0255. The normalized spacial score (nSPS) is 46.2. The van der Waals surface area contributed by atoms with Crippen molar-refractivity contribution in [2.75, 3.05) is 0 Å². The third kappa shape index (κ3) is 0.888. The number of hydrogen-bond donors (Lipinski definition) is 0. The highest BCUT2D eigenvalue weighted by molar-refractivity contribution is 5.87. The summed E-state index contributed by atoms with van der Waals surface area (Å²) in [4.78, 5) is 11.8. The van der Waals surface area contributed by atoms with Crippen molar-refractivity contribution >= 4 is 5.78 Å². The van der Waals surface area contributed by atoms with Crippen molar-refractivity contribution in [2.24, 2.45) is 22.7 Å². The predicted molar refractivity (Wildman–Crippen MR) is 58.0 cm³/mol. The van der Waals surface area contributed by atoms with Gasteiger partial charge in [0, 0.05) is 5.41 Å². The van der Waals surface area contributed by atoms with Crippen LogP contribution < -0.4 is 0 Å². The molecule has 0 heterocycles. The highest BCUT2D eigenvalue weighted by Crippen LogP contribution is 2.78. The fraction of sp³-hybridized carbons (Fsp3) is 0.923. The molecule has 0 bridgehead atoms. The van der Waals surface area contributed by atoms with E-state index in [1.54, 1.807) is 6.92 Å². The predicted octanol–water partition coefficient (Wildman–Crippen LogP) is 3.43. The Hall–Kier alpha value is -0.330. The number of Topliss-reactive ketones (excluding diaryl/α,β-unsaturated/α-hetero) is 1. The number of rotatable bonds is 2. The monoisotopic (exact) mass is 194 g/mol. The summed E-state index contributed by atoms with van der Waals surface area (Å²) < 4.78 is 0. The standard InChI is InChI=1S/C13H22O/c1-9(2)13-8-6-5-7-11(13)12(13,4)10(3)14/h9,11H,5-8H2,1-4H3. The van der Waals surface area contributed by atoms with Crippen LogP contribution in [0.15, 0.2) is 0 Å². The van der Waals surface area contributed by atoms with Gasteiger partial charge in [-0.15, -0.1) is 0 Å². The molecule has 14 heavy (non-hydrogen) atoms. The molecule has 3 atom stereocenters. The van der Waals surface area contributed by atoms with Crippen molar-refractivity contribution in [3.8, 4) is 0 Å². The van der Waals surface area contributed by atoms with Crippen LogP contribution in [-0.2, 0) is 4.79 Å². The number of carbonyl (C=O) groups excluding carboxylic acids is 1. The molecule has 0 amide bonds. The van der Waals surface area contributed by atoms with Crippen molar-refractivity contribution in [1.29, 1.82) is 0 Å². The first kappa shape index (κ1) is 10.2. The molecule has 3 unspecified atom stereocenters. The van der Waals surface area contributed by atoms with Gasteiger partial charge in [0.2, 0.25) is 0 Å². The smallest absolute Gasteiger partial charge is 0.136 e. The second kappa shape index (κ2) is 2.84. The first-order chi connectivity index (χ1) is 6.48. The molecular formula is C13H22O. The molecule has 1 nitrogen and oxygen atoms in total. The summed E-state index contributed by atoms with van der Waals surface area (Å²) in [5.41, 5.74) is 0.398. The van der Waals surface area contributed by atoms with Crippen LogP contribution in [0, 0.1) is 22.7 Å².